The molecule has 0 fully saturated rings. The molecular formula is C10H12F3N3O3. The van der Waals surface area contributed by atoms with Gasteiger partial charge in [-0.05, 0) is 6.92 Å². The topological polar surface area (TPSA) is 84.3 Å². The molecule has 19 heavy (non-hydrogen) atoms. The van der Waals surface area contributed by atoms with Gasteiger partial charge in [0.1, 0.15) is 5.82 Å². The smallest absolute Gasteiger partial charge is 0.416 e. The predicted octanol–water partition coefficient (Wildman–Crippen LogP) is 0.907. The summed E-state index contributed by atoms with van der Waals surface area (Å²) in [5.74, 6) is -1.08. The lowest BCUT2D eigenvalue weighted by Gasteiger charge is -2.15. The van der Waals surface area contributed by atoms with Crippen molar-refractivity contribution in [1.82, 2.24) is 9.97 Å². The van der Waals surface area contributed by atoms with Crippen molar-refractivity contribution in [3.05, 3.63) is 17.6 Å². The maximum absolute atomic E-state index is 12.1. The van der Waals surface area contributed by atoms with E-state index in [0.717, 1.165) is 7.11 Å². The van der Waals surface area contributed by atoms with E-state index < -0.39 is 24.8 Å². The number of aliphatic hydroxyl groups is 1. The SMILES string of the molecule is COC(=O)c1nc(C)cc(NCC(O)C(F)(F)F)n1. The van der Waals surface area contributed by atoms with E-state index in [4.69, 9.17) is 5.11 Å². The number of ether oxygens (including phenoxy) is 1. The summed E-state index contributed by atoms with van der Waals surface area (Å²) in [5, 5.41) is 11.1. The fourth-order valence-electron chi connectivity index (χ4n) is 1.16. The van der Waals surface area contributed by atoms with Crippen molar-refractivity contribution >= 4 is 11.8 Å². The van der Waals surface area contributed by atoms with Crippen molar-refractivity contribution < 1.29 is 27.8 Å². The molecule has 0 bridgehead atoms. The zero-order chi connectivity index (χ0) is 14.6. The highest BCUT2D eigenvalue weighted by molar-refractivity contribution is 5.85. The van der Waals surface area contributed by atoms with E-state index in [1.165, 1.54) is 6.07 Å². The van der Waals surface area contributed by atoms with Gasteiger partial charge in [0.2, 0.25) is 5.82 Å². The Morgan fingerprint density at radius 1 is 1.53 bits per heavy atom. The summed E-state index contributed by atoms with van der Waals surface area (Å²) in [4.78, 5) is 18.7. The van der Waals surface area contributed by atoms with Gasteiger partial charge < -0.3 is 15.2 Å². The van der Waals surface area contributed by atoms with Crippen LogP contribution in [-0.2, 0) is 4.74 Å². The summed E-state index contributed by atoms with van der Waals surface area (Å²) in [6.07, 6.45) is -7.25. The van der Waals surface area contributed by atoms with Crippen LogP contribution in [0.4, 0.5) is 19.0 Å². The Labute approximate surface area is 106 Å². The van der Waals surface area contributed by atoms with Crippen LogP contribution >= 0.6 is 0 Å². The number of hydrogen-bond acceptors (Lipinski definition) is 6. The summed E-state index contributed by atoms with van der Waals surface area (Å²) in [6.45, 7) is 0.764. The molecule has 0 aromatic carbocycles. The van der Waals surface area contributed by atoms with Crippen molar-refractivity contribution in [2.24, 2.45) is 0 Å². The molecule has 1 unspecified atom stereocenters. The molecule has 0 aliphatic heterocycles. The van der Waals surface area contributed by atoms with Gasteiger partial charge in [0.05, 0.1) is 13.7 Å². The maximum Gasteiger partial charge on any atom is 0.416 e. The lowest BCUT2D eigenvalue weighted by Crippen LogP contribution is -2.35. The molecule has 0 spiro atoms. The van der Waals surface area contributed by atoms with Crippen molar-refractivity contribution in [1.29, 1.82) is 0 Å². The second-order valence-electron chi connectivity index (χ2n) is 3.65. The number of carbonyl (C=O) groups excluding carboxylic acids is 1. The monoisotopic (exact) mass is 279 g/mol. The van der Waals surface area contributed by atoms with Gasteiger partial charge in [-0.1, -0.05) is 0 Å². The van der Waals surface area contributed by atoms with Gasteiger partial charge in [0.25, 0.3) is 0 Å². The van der Waals surface area contributed by atoms with Gasteiger partial charge in [-0.2, -0.15) is 13.2 Å². The number of hydrogen-bond donors (Lipinski definition) is 2. The van der Waals surface area contributed by atoms with Gasteiger partial charge in [-0.25, -0.2) is 14.8 Å². The third kappa shape index (κ3) is 4.36. The molecule has 0 amide bonds. The first-order valence-electron chi connectivity index (χ1n) is 5.16. The number of halogens is 3. The Morgan fingerprint density at radius 2 is 2.16 bits per heavy atom. The van der Waals surface area contributed by atoms with E-state index in [1.54, 1.807) is 6.92 Å². The highest BCUT2D eigenvalue weighted by Crippen LogP contribution is 2.20. The van der Waals surface area contributed by atoms with Gasteiger partial charge in [-0.3, -0.25) is 0 Å². The molecular weight excluding hydrogens is 267 g/mol. The lowest BCUT2D eigenvalue weighted by atomic mass is 10.3. The molecule has 0 aliphatic rings. The molecule has 1 rings (SSSR count). The minimum absolute atomic E-state index is 0.00352. The van der Waals surface area contributed by atoms with E-state index in [0.29, 0.717) is 5.69 Å². The summed E-state index contributed by atoms with van der Waals surface area (Å²) in [6, 6.07) is 1.34. The van der Waals surface area contributed by atoms with Crippen LogP contribution in [0.5, 0.6) is 0 Å². The number of rotatable bonds is 4. The van der Waals surface area contributed by atoms with Crippen molar-refractivity contribution in [3.8, 4) is 0 Å². The van der Waals surface area contributed by atoms with E-state index in [1.807, 2.05) is 0 Å². The molecule has 6 nitrogen and oxygen atoms in total. The molecule has 106 valence electrons. The van der Waals surface area contributed by atoms with Crippen LogP contribution in [0.15, 0.2) is 6.07 Å². The van der Waals surface area contributed by atoms with Crippen LogP contribution in [-0.4, -0.2) is 47.0 Å². The minimum atomic E-state index is -4.72. The number of methoxy groups -OCH3 is 1. The van der Waals surface area contributed by atoms with Gasteiger partial charge >= 0.3 is 12.1 Å². The lowest BCUT2D eigenvalue weighted by molar-refractivity contribution is -0.198. The molecule has 2 N–H and O–H groups in total. The van der Waals surface area contributed by atoms with Crippen LogP contribution < -0.4 is 5.32 Å². The van der Waals surface area contributed by atoms with E-state index in [-0.39, 0.29) is 11.6 Å². The summed E-state index contributed by atoms with van der Waals surface area (Å²) in [7, 11) is 1.13. The molecule has 9 heteroatoms. The largest absolute Gasteiger partial charge is 0.463 e. The fourth-order valence-corrected chi connectivity index (χ4v) is 1.16. The maximum atomic E-state index is 12.1. The first kappa shape index (κ1) is 15.2. The van der Waals surface area contributed by atoms with E-state index >= 15 is 0 Å². The number of carbonyl (C=O) groups is 1. The van der Waals surface area contributed by atoms with Crippen LogP contribution in [0.1, 0.15) is 16.3 Å². The average molecular weight is 279 g/mol. The summed E-state index contributed by atoms with van der Waals surface area (Å²) < 4.78 is 40.7. The number of esters is 1. The number of alkyl halides is 3. The standard InChI is InChI=1S/C10H12F3N3O3/c1-5-3-7(14-4-6(17)10(11,12)13)16-8(15-5)9(18)19-2/h3,6,17H,4H2,1-2H3,(H,14,15,16). The molecule has 1 aromatic heterocycles. The predicted molar refractivity (Wildman–Crippen MR) is 58.7 cm³/mol. The normalized spacial score (nSPS) is 12.9. The van der Waals surface area contributed by atoms with Crippen LogP contribution in [0.2, 0.25) is 0 Å². The quantitative estimate of drug-likeness (QED) is 0.797. The second-order valence-corrected chi connectivity index (χ2v) is 3.65. The third-order valence-corrected chi connectivity index (χ3v) is 2.08. The molecule has 0 radical (unpaired) electrons. The zero-order valence-electron chi connectivity index (χ0n) is 10.2. The molecule has 1 atom stereocenters. The average Bonchev–Trinajstić information content (AvgIpc) is 2.33. The number of aromatic nitrogens is 2. The molecule has 0 saturated heterocycles. The highest BCUT2D eigenvalue weighted by atomic mass is 19.4. The number of nitrogens with zero attached hydrogens (tertiary/aromatic N) is 2. The number of anilines is 1. The van der Waals surface area contributed by atoms with Crippen molar-refractivity contribution in [2.75, 3.05) is 19.0 Å². The molecule has 1 aromatic rings. The molecule has 0 aliphatic carbocycles. The Bertz CT molecular complexity index is 465. The number of aryl methyl sites for hydroxylation is 1. The molecule has 1 heterocycles. The highest BCUT2D eigenvalue weighted by Gasteiger charge is 2.37. The van der Waals surface area contributed by atoms with Gasteiger partial charge in [0.15, 0.2) is 6.10 Å². The molecule has 0 saturated carbocycles. The number of nitrogens with one attached hydrogen (secondary N) is 1. The second kappa shape index (κ2) is 5.83. The summed E-state index contributed by atoms with van der Waals surface area (Å²) in [5.41, 5.74) is 0.374. The third-order valence-electron chi connectivity index (χ3n) is 2.08. The zero-order valence-corrected chi connectivity index (χ0v) is 10.2. The van der Waals surface area contributed by atoms with Crippen molar-refractivity contribution in [2.45, 2.75) is 19.2 Å². The summed E-state index contributed by atoms with van der Waals surface area (Å²) >= 11 is 0. The van der Waals surface area contributed by atoms with Gasteiger partial charge in [0, 0.05) is 11.8 Å². The van der Waals surface area contributed by atoms with Crippen LogP contribution in [0.3, 0.4) is 0 Å². The Balaban J connectivity index is 2.79. The minimum Gasteiger partial charge on any atom is -0.463 e. The first-order chi connectivity index (χ1) is 8.74. The van der Waals surface area contributed by atoms with E-state index in [2.05, 4.69) is 20.0 Å². The van der Waals surface area contributed by atoms with Crippen LogP contribution in [0.25, 0.3) is 0 Å². The Kier molecular flexibility index (Phi) is 4.65. The van der Waals surface area contributed by atoms with E-state index in [9.17, 15) is 18.0 Å². The Morgan fingerprint density at radius 3 is 2.68 bits per heavy atom. The fraction of sp³-hybridized carbons (Fsp3) is 0.500. The number of aliphatic hydroxyl groups excluding tert-OH is 1. The first-order valence-corrected chi connectivity index (χ1v) is 5.16. The van der Waals surface area contributed by atoms with Gasteiger partial charge in [-0.15, -0.1) is 0 Å². The van der Waals surface area contributed by atoms with Crippen LogP contribution in [0, 0.1) is 6.92 Å². The Hall–Kier alpha value is -1.90. The van der Waals surface area contributed by atoms with Crippen molar-refractivity contribution in [3.63, 3.8) is 0 Å².